The van der Waals surface area contributed by atoms with Gasteiger partial charge in [-0.25, -0.2) is 0 Å². The number of aromatic nitrogens is 2. The van der Waals surface area contributed by atoms with Crippen molar-refractivity contribution in [3.63, 3.8) is 0 Å². The second kappa shape index (κ2) is 6.43. The van der Waals surface area contributed by atoms with Crippen molar-refractivity contribution in [1.29, 1.82) is 0 Å². The molecular formula is C14H14BrF2N3O2. The van der Waals surface area contributed by atoms with Gasteiger partial charge in [-0.1, -0.05) is 6.07 Å². The zero-order valence-electron chi connectivity index (χ0n) is 12.2. The zero-order valence-corrected chi connectivity index (χ0v) is 13.7. The number of carbonyl (C=O) groups is 1. The van der Waals surface area contributed by atoms with E-state index in [0.29, 0.717) is 15.9 Å². The van der Waals surface area contributed by atoms with Crippen molar-refractivity contribution in [3.05, 3.63) is 39.6 Å². The van der Waals surface area contributed by atoms with Crippen LogP contribution in [0.4, 0.5) is 14.5 Å². The first-order valence-electron chi connectivity index (χ1n) is 6.35. The Morgan fingerprint density at radius 3 is 2.64 bits per heavy atom. The van der Waals surface area contributed by atoms with Gasteiger partial charge in [0.15, 0.2) is 0 Å². The number of benzene rings is 1. The van der Waals surface area contributed by atoms with Gasteiger partial charge >= 0.3 is 6.61 Å². The summed E-state index contributed by atoms with van der Waals surface area (Å²) in [5.41, 5.74) is 1.86. The van der Waals surface area contributed by atoms with Gasteiger partial charge in [0.25, 0.3) is 5.91 Å². The Labute approximate surface area is 134 Å². The average molecular weight is 374 g/mol. The molecule has 1 heterocycles. The molecule has 22 heavy (non-hydrogen) atoms. The molecule has 0 unspecified atom stereocenters. The highest BCUT2D eigenvalue weighted by Gasteiger charge is 2.20. The molecular weight excluding hydrogens is 360 g/mol. The van der Waals surface area contributed by atoms with Crippen molar-refractivity contribution in [3.8, 4) is 5.75 Å². The minimum atomic E-state index is -2.97. The molecule has 0 spiro atoms. The largest absolute Gasteiger partial charge is 0.433 e. The molecule has 0 saturated heterocycles. The Morgan fingerprint density at radius 2 is 2.09 bits per heavy atom. The van der Waals surface area contributed by atoms with Crippen molar-refractivity contribution in [2.24, 2.45) is 7.05 Å². The summed E-state index contributed by atoms with van der Waals surface area (Å²) < 4.78 is 31.3. The maximum atomic E-state index is 12.5. The lowest BCUT2D eigenvalue weighted by atomic mass is 10.2. The van der Waals surface area contributed by atoms with Gasteiger partial charge in [0.05, 0.1) is 15.9 Å². The molecule has 0 bridgehead atoms. The maximum absolute atomic E-state index is 12.5. The minimum Gasteiger partial charge on any atom is -0.433 e. The van der Waals surface area contributed by atoms with E-state index in [4.69, 9.17) is 0 Å². The van der Waals surface area contributed by atoms with E-state index < -0.39 is 12.5 Å². The number of halogens is 3. The van der Waals surface area contributed by atoms with Crippen molar-refractivity contribution in [1.82, 2.24) is 9.78 Å². The molecule has 5 nitrogen and oxygen atoms in total. The Morgan fingerprint density at radius 1 is 1.41 bits per heavy atom. The van der Waals surface area contributed by atoms with Crippen LogP contribution in [0.2, 0.25) is 0 Å². The summed E-state index contributed by atoms with van der Waals surface area (Å²) in [6, 6.07) is 4.64. The Balaban J connectivity index is 2.32. The van der Waals surface area contributed by atoms with Gasteiger partial charge in [-0.15, -0.1) is 0 Å². The van der Waals surface area contributed by atoms with Crippen LogP contribution in [-0.2, 0) is 7.05 Å². The third-order valence-electron chi connectivity index (χ3n) is 2.97. The highest BCUT2D eigenvalue weighted by atomic mass is 79.9. The van der Waals surface area contributed by atoms with Crippen LogP contribution in [-0.4, -0.2) is 22.3 Å². The minimum absolute atomic E-state index is 0.0848. The van der Waals surface area contributed by atoms with Gasteiger partial charge in [-0.3, -0.25) is 9.48 Å². The van der Waals surface area contributed by atoms with Crippen LogP contribution in [0.1, 0.15) is 21.7 Å². The summed E-state index contributed by atoms with van der Waals surface area (Å²) in [5.74, 6) is -0.559. The zero-order chi connectivity index (χ0) is 16.4. The molecule has 2 aromatic rings. The molecule has 0 saturated carbocycles. The fourth-order valence-corrected chi connectivity index (χ4v) is 2.50. The van der Waals surface area contributed by atoms with Crippen LogP contribution in [0.15, 0.2) is 22.7 Å². The van der Waals surface area contributed by atoms with E-state index in [1.165, 1.54) is 16.8 Å². The van der Waals surface area contributed by atoms with Crippen LogP contribution in [0, 0.1) is 13.8 Å². The fourth-order valence-electron chi connectivity index (χ4n) is 1.99. The summed E-state index contributed by atoms with van der Waals surface area (Å²) in [5, 5.41) is 6.68. The number of amides is 1. The molecule has 1 aromatic carbocycles. The first-order valence-corrected chi connectivity index (χ1v) is 7.14. The van der Waals surface area contributed by atoms with E-state index in [9.17, 15) is 13.6 Å². The van der Waals surface area contributed by atoms with Gasteiger partial charge in [0.2, 0.25) is 0 Å². The number of aryl methyl sites for hydroxylation is 3. The molecule has 1 N–H and O–H groups in total. The summed E-state index contributed by atoms with van der Waals surface area (Å²) in [6.07, 6.45) is 0. The van der Waals surface area contributed by atoms with Gasteiger partial charge in [0.1, 0.15) is 11.4 Å². The number of ether oxygens (including phenoxy) is 1. The summed E-state index contributed by atoms with van der Waals surface area (Å²) in [6.45, 7) is 0.520. The molecule has 0 radical (unpaired) electrons. The van der Waals surface area contributed by atoms with Crippen LogP contribution in [0.5, 0.6) is 5.75 Å². The molecule has 2 rings (SSSR count). The predicted octanol–water partition coefficient (Wildman–Crippen LogP) is 3.65. The van der Waals surface area contributed by atoms with E-state index in [1.54, 1.807) is 27.0 Å². The lowest BCUT2D eigenvalue weighted by Crippen LogP contribution is -2.17. The Kier molecular flexibility index (Phi) is 4.80. The summed E-state index contributed by atoms with van der Waals surface area (Å²) in [4.78, 5) is 12.3. The van der Waals surface area contributed by atoms with Crippen molar-refractivity contribution < 1.29 is 18.3 Å². The van der Waals surface area contributed by atoms with Gasteiger partial charge in [-0.2, -0.15) is 13.9 Å². The van der Waals surface area contributed by atoms with E-state index in [2.05, 4.69) is 31.1 Å². The fraction of sp³-hybridized carbons (Fsp3) is 0.286. The highest BCUT2D eigenvalue weighted by Crippen LogP contribution is 2.29. The number of nitrogens with zero attached hydrogens (tertiary/aromatic N) is 2. The molecule has 1 amide bonds. The predicted molar refractivity (Wildman–Crippen MR) is 81.4 cm³/mol. The topological polar surface area (TPSA) is 56.2 Å². The molecule has 0 atom stereocenters. The molecule has 0 aliphatic carbocycles. The molecule has 0 fully saturated rings. The van der Waals surface area contributed by atoms with Crippen molar-refractivity contribution >= 4 is 27.5 Å². The monoisotopic (exact) mass is 373 g/mol. The quantitative estimate of drug-likeness (QED) is 0.889. The first kappa shape index (κ1) is 16.4. The number of nitrogens with one attached hydrogen (secondary N) is 1. The Bertz CT molecular complexity index is 716. The Hall–Kier alpha value is -1.96. The van der Waals surface area contributed by atoms with Crippen LogP contribution >= 0.6 is 15.9 Å². The SMILES string of the molecule is Cc1ccc(NC(=O)c2c(Br)c(C)nn2C)c(OC(F)F)c1. The van der Waals surface area contributed by atoms with Gasteiger partial charge in [0, 0.05) is 7.05 Å². The molecule has 0 aliphatic heterocycles. The van der Waals surface area contributed by atoms with Crippen LogP contribution < -0.4 is 10.1 Å². The first-order chi connectivity index (χ1) is 10.3. The highest BCUT2D eigenvalue weighted by molar-refractivity contribution is 9.10. The van der Waals surface area contributed by atoms with E-state index in [-0.39, 0.29) is 11.4 Å². The second-order valence-corrected chi connectivity index (χ2v) is 5.50. The molecule has 118 valence electrons. The van der Waals surface area contributed by atoms with E-state index in [1.807, 2.05) is 0 Å². The standard InChI is InChI=1S/C14H14BrF2N3O2/c1-7-4-5-9(10(6-7)22-14(16)17)18-13(21)12-11(15)8(2)19-20(12)3/h4-6,14H,1-3H3,(H,18,21). The normalized spacial score (nSPS) is 10.9. The number of hydrogen-bond donors (Lipinski definition) is 1. The lowest BCUT2D eigenvalue weighted by molar-refractivity contribution is -0.0494. The van der Waals surface area contributed by atoms with Crippen LogP contribution in [0.25, 0.3) is 0 Å². The number of carbonyl (C=O) groups excluding carboxylic acids is 1. The molecule has 0 aliphatic rings. The lowest BCUT2D eigenvalue weighted by Gasteiger charge is -2.13. The second-order valence-electron chi connectivity index (χ2n) is 4.70. The van der Waals surface area contributed by atoms with Crippen molar-refractivity contribution in [2.45, 2.75) is 20.5 Å². The third kappa shape index (κ3) is 3.44. The number of hydrogen-bond acceptors (Lipinski definition) is 3. The van der Waals surface area contributed by atoms with Gasteiger partial charge < -0.3 is 10.1 Å². The average Bonchev–Trinajstić information content (AvgIpc) is 2.66. The molecule has 1 aromatic heterocycles. The third-order valence-corrected chi connectivity index (χ3v) is 3.91. The van der Waals surface area contributed by atoms with E-state index in [0.717, 1.165) is 5.56 Å². The molecule has 8 heteroatoms. The summed E-state index contributed by atoms with van der Waals surface area (Å²) >= 11 is 3.29. The van der Waals surface area contributed by atoms with Crippen molar-refractivity contribution in [2.75, 3.05) is 5.32 Å². The number of alkyl halides is 2. The smallest absolute Gasteiger partial charge is 0.387 e. The van der Waals surface area contributed by atoms with Crippen LogP contribution in [0.3, 0.4) is 0 Å². The summed E-state index contributed by atoms with van der Waals surface area (Å²) in [7, 11) is 1.62. The number of anilines is 1. The van der Waals surface area contributed by atoms with Gasteiger partial charge in [-0.05, 0) is 47.5 Å². The van der Waals surface area contributed by atoms with E-state index >= 15 is 0 Å². The number of rotatable bonds is 4. The maximum Gasteiger partial charge on any atom is 0.387 e.